The number of nitrogens with zero attached hydrogens (tertiary/aromatic N) is 3. The fourth-order valence-electron chi connectivity index (χ4n) is 2.00. The Morgan fingerprint density at radius 1 is 1.39 bits per heavy atom. The van der Waals surface area contributed by atoms with E-state index in [0.717, 1.165) is 16.3 Å². The molecule has 0 saturated carbocycles. The first-order chi connectivity index (χ1) is 11.1. The summed E-state index contributed by atoms with van der Waals surface area (Å²) in [6, 6.07) is 9.78. The van der Waals surface area contributed by atoms with Crippen molar-refractivity contribution in [3.63, 3.8) is 0 Å². The molecule has 2 heterocycles. The Morgan fingerprint density at radius 2 is 2.17 bits per heavy atom. The number of carbonyl (C=O) groups excluding carboxylic acids is 1. The van der Waals surface area contributed by atoms with Crippen molar-refractivity contribution in [2.75, 3.05) is 6.54 Å². The van der Waals surface area contributed by atoms with Crippen molar-refractivity contribution in [1.82, 2.24) is 20.1 Å². The van der Waals surface area contributed by atoms with E-state index in [4.69, 9.17) is 0 Å². The van der Waals surface area contributed by atoms with E-state index in [9.17, 15) is 9.90 Å². The van der Waals surface area contributed by atoms with Crippen molar-refractivity contribution in [3.05, 3.63) is 53.8 Å². The quantitative estimate of drug-likeness (QED) is 0.752. The van der Waals surface area contributed by atoms with Crippen LogP contribution in [-0.4, -0.2) is 38.4 Å². The number of nitrogens with one attached hydrogen (secondary N) is 1. The van der Waals surface area contributed by atoms with Gasteiger partial charge in [0, 0.05) is 23.7 Å². The first kappa shape index (κ1) is 15.4. The maximum atomic E-state index is 11.9. The molecule has 118 valence electrons. The summed E-state index contributed by atoms with van der Waals surface area (Å²) in [5, 5.41) is 18.6. The zero-order chi connectivity index (χ0) is 16.2. The summed E-state index contributed by atoms with van der Waals surface area (Å²) in [6.45, 7) is 1.82. The summed E-state index contributed by atoms with van der Waals surface area (Å²) < 4.78 is 1.77. The number of aliphatic hydroxyl groups excluding tert-OH is 1. The second-order valence-corrected chi connectivity index (χ2v) is 5.96. The van der Waals surface area contributed by atoms with E-state index in [1.54, 1.807) is 23.2 Å². The Balaban J connectivity index is 1.76. The fraction of sp³-hybridized carbons (Fsp3) is 0.188. The molecule has 1 atom stereocenters. The summed E-state index contributed by atoms with van der Waals surface area (Å²) in [5.41, 5.74) is 2.16. The summed E-state index contributed by atoms with van der Waals surface area (Å²) in [7, 11) is 0. The van der Waals surface area contributed by atoms with Crippen LogP contribution in [0.1, 0.15) is 17.4 Å². The summed E-state index contributed by atoms with van der Waals surface area (Å²) >= 11 is 1.39. The van der Waals surface area contributed by atoms with Crippen LogP contribution >= 0.6 is 11.3 Å². The number of thiazole rings is 1. The lowest BCUT2D eigenvalue weighted by atomic mass is 10.3. The molecule has 0 bridgehead atoms. The number of carbonyl (C=O) groups is 1. The summed E-state index contributed by atoms with van der Waals surface area (Å²) in [4.78, 5) is 16.3. The number of benzene rings is 1. The van der Waals surface area contributed by atoms with Gasteiger partial charge in [0.2, 0.25) is 0 Å². The van der Waals surface area contributed by atoms with E-state index in [1.807, 2.05) is 36.5 Å². The van der Waals surface area contributed by atoms with E-state index in [2.05, 4.69) is 15.4 Å². The van der Waals surface area contributed by atoms with E-state index < -0.39 is 6.10 Å². The average molecular weight is 328 g/mol. The van der Waals surface area contributed by atoms with Gasteiger partial charge in [0.1, 0.15) is 10.7 Å². The highest BCUT2D eigenvalue weighted by molar-refractivity contribution is 7.13. The standard InChI is InChI=1S/C16H16N4O2S/c1-11(21)7-17-15(22)14-10-23-16(19-14)12-8-18-20(9-12)13-5-3-2-4-6-13/h2-6,8-11,21H,7H2,1H3,(H,17,22). The van der Waals surface area contributed by atoms with Gasteiger partial charge in [0.05, 0.1) is 18.0 Å². The molecule has 1 aromatic carbocycles. The van der Waals surface area contributed by atoms with E-state index in [-0.39, 0.29) is 12.5 Å². The van der Waals surface area contributed by atoms with Gasteiger partial charge in [-0.05, 0) is 19.1 Å². The molecule has 0 saturated heterocycles. The van der Waals surface area contributed by atoms with Crippen molar-refractivity contribution < 1.29 is 9.90 Å². The van der Waals surface area contributed by atoms with Gasteiger partial charge in [-0.25, -0.2) is 9.67 Å². The third-order valence-corrected chi connectivity index (χ3v) is 4.04. The second-order valence-electron chi connectivity index (χ2n) is 5.11. The lowest BCUT2D eigenvalue weighted by Crippen LogP contribution is -2.30. The molecule has 7 heteroatoms. The van der Waals surface area contributed by atoms with Crippen LogP contribution in [0.3, 0.4) is 0 Å². The maximum absolute atomic E-state index is 11.9. The molecular weight excluding hydrogens is 312 g/mol. The number of hydrogen-bond donors (Lipinski definition) is 2. The highest BCUT2D eigenvalue weighted by atomic mass is 32.1. The topological polar surface area (TPSA) is 80.0 Å². The van der Waals surface area contributed by atoms with Crippen LogP contribution in [-0.2, 0) is 0 Å². The number of para-hydroxylation sites is 1. The average Bonchev–Trinajstić information content (AvgIpc) is 3.22. The highest BCUT2D eigenvalue weighted by Gasteiger charge is 2.13. The van der Waals surface area contributed by atoms with Gasteiger partial charge in [-0.3, -0.25) is 4.79 Å². The van der Waals surface area contributed by atoms with Crippen molar-refractivity contribution in [2.45, 2.75) is 13.0 Å². The van der Waals surface area contributed by atoms with Gasteiger partial charge in [-0.2, -0.15) is 5.10 Å². The molecule has 1 amide bonds. The Morgan fingerprint density at radius 3 is 2.91 bits per heavy atom. The van der Waals surface area contributed by atoms with Crippen molar-refractivity contribution in [1.29, 1.82) is 0 Å². The van der Waals surface area contributed by atoms with Crippen LogP contribution in [0.25, 0.3) is 16.3 Å². The van der Waals surface area contributed by atoms with Crippen molar-refractivity contribution >= 4 is 17.2 Å². The zero-order valence-electron chi connectivity index (χ0n) is 12.5. The number of amides is 1. The third kappa shape index (κ3) is 3.64. The van der Waals surface area contributed by atoms with Crippen LogP contribution in [0.5, 0.6) is 0 Å². The van der Waals surface area contributed by atoms with Crippen LogP contribution < -0.4 is 5.32 Å². The van der Waals surface area contributed by atoms with Gasteiger partial charge in [0.15, 0.2) is 0 Å². The number of hydrogen-bond acceptors (Lipinski definition) is 5. The van der Waals surface area contributed by atoms with Gasteiger partial charge in [-0.15, -0.1) is 11.3 Å². The molecule has 0 aliphatic carbocycles. The molecule has 3 rings (SSSR count). The maximum Gasteiger partial charge on any atom is 0.270 e. The predicted octanol–water partition coefficient (Wildman–Crippen LogP) is 2.11. The number of aliphatic hydroxyl groups is 1. The summed E-state index contributed by atoms with van der Waals surface area (Å²) in [5.74, 6) is -0.288. The SMILES string of the molecule is CC(O)CNC(=O)c1csc(-c2cnn(-c3ccccc3)c2)n1. The Bertz CT molecular complexity index is 795. The zero-order valence-corrected chi connectivity index (χ0v) is 13.3. The van der Waals surface area contributed by atoms with E-state index in [1.165, 1.54) is 11.3 Å². The number of aromatic nitrogens is 3. The van der Waals surface area contributed by atoms with E-state index in [0.29, 0.717) is 5.69 Å². The Labute approximate surface area is 137 Å². The highest BCUT2D eigenvalue weighted by Crippen LogP contribution is 2.24. The molecule has 23 heavy (non-hydrogen) atoms. The smallest absolute Gasteiger partial charge is 0.270 e. The molecule has 2 N–H and O–H groups in total. The second kappa shape index (κ2) is 6.72. The lowest BCUT2D eigenvalue weighted by Gasteiger charge is -2.04. The lowest BCUT2D eigenvalue weighted by molar-refractivity contribution is 0.0920. The molecule has 0 radical (unpaired) electrons. The van der Waals surface area contributed by atoms with Crippen LogP contribution in [0.2, 0.25) is 0 Å². The van der Waals surface area contributed by atoms with E-state index >= 15 is 0 Å². The van der Waals surface area contributed by atoms with Gasteiger partial charge >= 0.3 is 0 Å². The first-order valence-electron chi connectivity index (χ1n) is 7.16. The monoisotopic (exact) mass is 328 g/mol. The summed E-state index contributed by atoms with van der Waals surface area (Å²) in [6.07, 6.45) is 3.02. The molecule has 1 unspecified atom stereocenters. The third-order valence-electron chi connectivity index (χ3n) is 3.15. The van der Waals surface area contributed by atoms with Gasteiger partial charge in [-0.1, -0.05) is 18.2 Å². The van der Waals surface area contributed by atoms with Crippen molar-refractivity contribution in [3.8, 4) is 16.3 Å². The van der Waals surface area contributed by atoms with Crippen LogP contribution in [0.15, 0.2) is 48.1 Å². The normalized spacial score (nSPS) is 12.1. The fourth-order valence-corrected chi connectivity index (χ4v) is 2.77. The molecule has 0 spiro atoms. The molecule has 0 aliphatic rings. The molecule has 6 nitrogen and oxygen atoms in total. The van der Waals surface area contributed by atoms with Gasteiger partial charge in [0.25, 0.3) is 5.91 Å². The predicted molar refractivity (Wildman–Crippen MR) is 88.7 cm³/mol. The Hall–Kier alpha value is -2.51. The minimum absolute atomic E-state index is 0.206. The molecular formula is C16H16N4O2S. The molecule has 0 aliphatic heterocycles. The van der Waals surface area contributed by atoms with Crippen LogP contribution in [0.4, 0.5) is 0 Å². The number of rotatable bonds is 5. The van der Waals surface area contributed by atoms with Crippen molar-refractivity contribution in [2.24, 2.45) is 0 Å². The largest absolute Gasteiger partial charge is 0.392 e. The Kier molecular flexibility index (Phi) is 4.50. The minimum atomic E-state index is -0.582. The first-order valence-corrected chi connectivity index (χ1v) is 8.03. The molecule has 0 fully saturated rings. The molecule has 2 aromatic heterocycles. The molecule has 3 aromatic rings. The van der Waals surface area contributed by atoms with Crippen LogP contribution in [0, 0.1) is 0 Å². The minimum Gasteiger partial charge on any atom is -0.392 e. The van der Waals surface area contributed by atoms with Gasteiger partial charge < -0.3 is 10.4 Å².